The van der Waals surface area contributed by atoms with Crippen molar-refractivity contribution in [2.75, 3.05) is 33.3 Å². The highest BCUT2D eigenvalue weighted by Gasteiger charge is 2.46. The number of carbonyl (C=O) groups is 2. The molecule has 2 aliphatic rings. The Labute approximate surface area is 158 Å². The van der Waals surface area contributed by atoms with E-state index >= 15 is 0 Å². The summed E-state index contributed by atoms with van der Waals surface area (Å²) in [4.78, 5) is 26.0. The maximum Gasteiger partial charge on any atom is 0.308 e. The zero-order valence-corrected chi connectivity index (χ0v) is 15.5. The van der Waals surface area contributed by atoms with Crippen molar-refractivity contribution in [2.24, 2.45) is 11.8 Å². The van der Waals surface area contributed by atoms with E-state index in [2.05, 4.69) is 10.2 Å². The maximum atomic E-state index is 13.8. The molecule has 0 unspecified atom stereocenters. The Hall–Kier alpha value is -2.02. The Morgan fingerprint density at radius 1 is 1.22 bits per heavy atom. The van der Waals surface area contributed by atoms with Crippen LogP contribution < -0.4 is 5.32 Å². The first-order valence-corrected chi connectivity index (χ1v) is 9.53. The topological polar surface area (TPSA) is 58.6 Å². The molecule has 27 heavy (non-hydrogen) atoms. The molecule has 148 valence electrons. The average Bonchev–Trinajstić information content (AvgIpc) is 3.45. The number of halogens is 2. The maximum absolute atomic E-state index is 13.8. The lowest BCUT2D eigenvalue weighted by Gasteiger charge is -2.30. The monoisotopic (exact) mass is 380 g/mol. The van der Waals surface area contributed by atoms with Crippen LogP contribution >= 0.6 is 0 Å². The van der Waals surface area contributed by atoms with E-state index in [1.54, 1.807) is 0 Å². The van der Waals surface area contributed by atoms with Crippen molar-refractivity contribution < 1.29 is 23.1 Å². The molecule has 5 nitrogen and oxygen atoms in total. The van der Waals surface area contributed by atoms with E-state index in [-0.39, 0.29) is 35.2 Å². The molecule has 0 bridgehead atoms. The number of benzene rings is 1. The van der Waals surface area contributed by atoms with Crippen LogP contribution in [0, 0.1) is 23.5 Å². The van der Waals surface area contributed by atoms with Crippen LogP contribution in [0.5, 0.6) is 0 Å². The highest BCUT2D eigenvalue weighted by atomic mass is 19.1. The Bertz CT molecular complexity index is 670. The number of likely N-dealkylation sites (tertiary alicyclic amines) is 1. The van der Waals surface area contributed by atoms with Gasteiger partial charge in [-0.05, 0) is 57.5 Å². The molecule has 0 aromatic heterocycles. The van der Waals surface area contributed by atoms with Crippen LogP contribution in [0.15, 0.2) is 18.2 Å². The average molecular weight is 380 g/mol. The standard InChI is InChI=1S/C20H26F2N2O3/c1-27-20(26)13-6-10-24(11-7-13)9-3-8-23-19(25)15-12-14(15)18-16(21)4-2-5-17(18)22/h2,4-5,13-15H,3,6-12H2,1H3,(H,23,25)/t14-,15-/m1/s1. The van der Waals surface area contributed by atoms with Crippen LogP contribution in [-0.2, 0) is 14.3 Å². The minimum absolute atomic E-state index is 0.00321. The second-order valence-corrected chi connectivity index (χ2v) is 7.37. The van der Waals surface area contributed by atoms with Gasteiger partial charge in [-0.2, -0.15) is 0 Å². The second-order valence-electron chi connectivity index (χ2n) is 7.37. The van der Waals surface area contributed by atoms with Gasteiger partial charge in [0.1, 0.15) is 11.6 Å². The molecular weight excluding hydrogens is 354 g/mol. The molecule has 2 atom stereocenters. The van der Waals surface area contributed by atoms with Gasteiger partial charge in [0.2, 0.25) is 5.91 Å². The largest absolute Gasteiger partial charge is 0.469 e. The number of ether oxygens (including phenoxy) is 1. The zero-order valence-electron chi connectivity index (χ0n) is 15.5. The molecule has 1 aliphatic heterocycles. The van der Waals surface area contributed by atoms with Gasteiger partial charge in [0.25, 0.3) is 0 Å². The van der Waals surface area contributed by atoms with Crippen LogP contribution in [-0.4, -0.2) is 50.1 Å². The van der Waals surface area contributed by atoms with Crippen molar-refractivity contribution in [3.05, 3.63) is 35.4 Å². The molecule has 1 saturated carbocycles. The van der Waals surface area contributed by atoms with Crippen molar-refractivity contribution in [3.63, 3.8) is 0 Å². The van der Waals surface area contributed by atoms with E-state index in [4.69, 9.17) is 4.74 Å². The van der Waals surface area contributed by atoms with Crippen LogP contribution in [0.4, 0.5) is 8.78 Å². The predicted molar refractivity (Wildman–Crippen MR) is 96.0 cm³/mol. The Morgan fingerprint density at radius 2 is 1.89 bits per heavy atom. The van der Waals surface area contributed by atoms with Gasteiger partial charge < -0.3 is 15.0 Å². The molecular formula is C20H26F2N2O3. The van der Waals surface area contributed by atoms with Crippen LogP contribution in [0.2, 0.25) is 0 Å². The lowest BCUT2D eigenvalue weighted by molar-refractivity contribution is -0.147. The fourth-order valence-electron chi connectivity index (χ4n) is 3.87. The quantitative estimate of drug-likeness (QED) is 0.583. The van der Waals surface area contributed by atoms with Gasteiger partial charge in [0, 0.05) is 23.9 Å². The first kappa shape index (κ1) is 19.7. The van der Waals surface area contributed by atoms with E-state index in [1.807, 2.05) is 0 Å². The number of hydrogen-bond acceptors (Lipinski definition) is 4. The molecule has 0 radical (unpaired) electrons. The fraction of sp³-hybridized carbons (Fsp3) is 0.600. The molecule has 1 aromatic rings. The summed E-state index contributed by atoms with van der Waals surface area (Å²) in [7, 11) is 1.42. The number of amides is 1. The fourth-order valence-corrected chi connectivity index (χ4v) is 3.87. The third-order valence-electron chi connectivity index (χ3n) is 5.57. The molecule has 1 saturated heterocycles. The van der Waals surface area contributed by atoms with Gasteiger partial charge in [0.05, 0.1) is 13.0 Å². The van der Waals surface area contributed by atoms with Crippen LogP contribution in [0.1, 0.15) is 37.2 Å². The predicted octanol–water partition coefficient (Wildman–Crippen LogP) is 2.46. The van der Waals surface area contributed by atoms with Gasteiger partial charge in [0.15, 0.2) is 0 Å². The number of methoxy groups -OCH3 is 1. The van der Waals surface area contributed by atoms with Crippen LogP contribution in [0.3, 0.4) is 0 Å². The second kappa shape index (κ2) is 8.78. The molecule has 3 rings (SSSR count). The van der Waals surface area contributed by atoms with Gasteiger partial charge in [-0.15, -0.1) is 0 Å². The first-order chi connectivity index (χ1) is 13.0. The summed E-state index contributed by atoms with van der Waals surface area (Å²) >= 11 is 0. The molecule has 1 amide bonds. The number of nitrogens with zero attached hydrogens (tertiary/aromatic N) is 1. The summed E-state index contributed by atoms with van der Waals surface area (Å²) in [6.45, 7) is 3.10. The normalized spacial score (nSPS) is 23.1. The number of nitrogens with one attached hydrogen (secondary N) is 1. The highest BCUT2D eigenvalue weighted by molar-refractivity contribution is 5.82. The van der Waals surface area contributed by atoms with Crippen molar-refractivity contribution in [1.29, 1.82) is 0 Å². The molecule has 2 fully saturated rings. The van der Waals surface area contributed by atoms with Crippen molar-refractivity contribution >= 4 is 11.9 Å². The van der Waals surface area contributed by atoms with Crippen molar-refractivity contribution in [1.82, 2.24) is 10.2 Å². The summed E-state index contributed by atoms with van der Waals surface area (Å²) in [5, 5.41) is 2.87. The summed E-state index contributed by atoms with van der Waals surface area (Å²) < 4.78 is 32.4. The number of rotatable bonds is 7. The Kier molecular flexibility index (Phi) is 6.42. The molecule has 1 N–H and O–H groups in total. The Balaban J connectivity index is 1.34. The first-order valence-electron chi connectivity index (χ1n) is 9.53. The summed E-state index contributed by atoms with van der Waals surface area (Å²) in [5.74, 6) is -2.12. The van der Waals surface area contributed by atoms with E-state index in [9.17, 15) is 18.4 Å². The lowest BCUT2D eigenvalue weighted by atomic mass is 9.97. The zero-order chi connectivity index (χ0) is 19.4. The van der Waals surface area contributed by atoms with Gasteiger partial charge in [-0.3, -0.25) is 9.59 Å². The minimum Gasteiger partial charge on any atom is -0.469 e. The van der Waals surface area contributed by atoms with Gasteiger partial charge in [-0.1, -0.05) is 6.07 Å². The van der Waals surface area contributed by atoms with E-state index in [1.165, 1.54) is 25.3 Å². The lowest BCUT2D eigenvalue weighted by Crippen LogP contribution is -2.38. The molecule has 1 heterocycles. The number of carbonyl (C=O) groups excluding carboxylic acids is 2. The van der Waals surface area contributed by atoms with Crippen molar-refractivity contribution in [2.45, 2.75) is 31.6 Å². The van der Waals surface area contributed by atoms with E-state index in [0.29, 0.717) is 13.0 Å². The summed E-state index contributed by atoms with van der Waals surface area (Å²) in [6.07, 6.45) is 2.90. The molecule has 7 heteroatoms. The number of esters is 1. The Morgan fingerprint density at radius 3 is 2.52 bits per heavy atom. The SMILES string of the molecule is COC(=O)C1CCN(CCCNC(=O)[C@@H]2C[C@H]2c2c(F)cccc2F)CC1. The third kappa shape index (κ3) is 4.83. The number of piperidine rings is 1. The summed E-state index contributed by atoms with van der Waals surface area (Å²) in [5.41, 5.74) is 0.0335. The molecule has 1 aromatic carbocycles. The number of hydrogen-bond donors (Lipinski definition) is 1. The molecule has 1 aliphatic carbocycles. The third-order valence-corrected chi connectivity index (χ3v) is 5.57. The van der Waals surface area contributed by atoms with Gasteiger partial charge in [-0.25, -0.2) is 8.78 Å². The smallest absolute Gasteiger partial charge is 0.308 e. The molecule has 0 spiro atoms. The van der Waals surface area contributed by atoms with Crippen LogP contribution in [0.25, 0.3) is 0 Å². The van der Waals surface area contributed by atoms with E-state index in [0.717, 1.165) is 38.9 Å². The van der Waals surface area contributed by atoms with Gasteiger partial charge >= 0.3 is 5.97 Å². The minimum atomic E-state index is -0.578. The van der Waals surface area contributed by atoms with E-state index < -0.39 is 11.6 Å². The highest BCUT2D eigenvalue weighted by Crippen LogP contribution is 2.49. The van der Waals surface area contributed by atoms with Crippen molar-refractivity contribution in [3.8, 4) is 0 Å². The summed E-state index contributed by atoms with van der Waals surface area (Å²) in [6, 6.07) is 3.80.